The number of halogens is 2. The van der Waals surface area contributed by atoms with Crippen molar-refractivity contribution in [3.63, 3.8) is 0 Å². The first-order chi connectivity index (χ1) is 9.01. The average molecular weight is 342 g/mol. The lowest BCUT2D eigenvalue weighted by molar-refractivity contribution is 0.451. The van der Waals surface area contributed by atoms with Crippen LogP contribution in [0.5, 0.6) is 11.6 Å². The van der Waals surface area contributed by atoms with E-state index in [2.05, 4.69) is 25.9 Å². The minimum absolute atomic E-state index is 0.435. The third-order valence-corrected chi connectivity index (χ3v) is 3.69. The Balaban J connectivity index is 2.40. The molecule has 5 heteroatoms. The van der Waals surface area contributed by atoms with Gasteiger partial charge in [-0.15, -0.1) is 0 Å². The molecule has 0 bridgehead atoms. The topological polar surface area (TPSA) is 35.0 Å². The lowest BCUT2D eigenvalue weighted by atomic mass is 10.2. The molecule has 100 valence electrons. The second-order valence-corrected chi connectivity index (χ2v) is 5.46. The summed E-state index contributed by atoms with van der Waals surface area (Å²) in [6, 6.07) is 5.88. The molecule has 0 unspecified atom stereocenters. The Morgan fingerprint density at radius 3 is 2.63 bits per heavy atom. The second-order valence-electron chi connectivity index (χ2n) is 4.25. The van der Waals surface area contributed by atoms with Crippen LogP contribution in [-0.2, 0) is 6.42 Å². The van der Waals surface area contributed by atoms with Crippen LogP contribution < -0.4 is 4.74 Å². The van der Waals surface area contributed by atoms with Crippen molar-refractivity contribution in [2.45, 2.75) is 27.2 Å². The molecule has 0 amide bonds. The molecule has 0 aliphatic carbocycles. The zero-order valence-corrected chi connectivity index (χ0v) is 13.3. The van der Waals surface area contributed by atoms with Crippen LogP contribution in [0.15, 0.2) is 22.7 Å². The predicted molar refractivity (Wildman–Crippen MR) is 80.1 cm³/mol. The number of aryl methyl sites for hydroxylation is 2. The second kappa shape index (κ2) is 5.88. The summed E-state index contributed by atoms with van der Waals surface area (Å²) in [5, 5.41) is 0.435. The van der Waals surface area contributed by atoms with E-state index in [9.17, 15) is 0 Å². The molecular formula is C14H14BrClN2O. The molecule has 0 N–H and O–H groups in total. The van der Waals surface area contributed by atoms with E-state index >= 15 is 0 Å². The molecule has 0 spiro atoms. The summed E-state index contributed by atoms with van der Waals surface area (Å²) in [5.41, 5.74) is 1.90. The number of hydrogen-bond donors (Lipinski definition) is 0. The van der Waals surface area contributed by atoms with E-state index in [1.165, 1.54) is 0 Å². The largest absolute Gasteiger partial charge is 0.437 e. The number of rotatable bonds is 3. The third-order valence-electron chi connectivity index (χ3n) is 2.70. The van der Waals surface area contributed by atoms with Crippen molar-refractivity contribution >= 4 is 27.5 Å². The van der Waals surface area contributed by atoms with Gasteiger partial charge in [0.1, 0.15) is 16.7 Å². The van der Waals surface area contributed by atoms with Gasteiger partial charge in [0.15, 0.2) is 0 Å². The molecule has 0 radical (unpaired) electrons. The molecule has 2 rings (SSSR count). The van der Waals surface area contributed by atoms with Crippen molar-refractivity contribution in [3.8, 4) is 11.6 Å². The van der Waals surface area contributed by atoms with Crippen LogP contribution in [0.2, 0.25) is 5.15 Å². The first-order valence-electron chi connectivity index (χ1n) is 5.98. The Labute approximate surface area is 126 Å². The molecule has 0 saturated heterocycles. The van der Waals surface area contributed by atoms with Gasteiger partial charge in [-0.1, -0.05) is 24.6 Å². The molecule has 0 aliphatic rings. The SMILES string of the molecule is CCc1nc(Cl)c(C)c(Oc2ccc(C)cc2Br)n1. The first-order valence-corrected chi connectivity index (χ1v) is 7.15. The van der Waals surface area contributed by atoms with Crippen molar-refractivity contribution in [2.24, 2.45) is 0 Å². The molecular weight excluding hydrogens is 328 g/mol. The number of nitrogens with zero attached hydrogens (tertiary/aromatic N) is 2. The lowest BCUT2D eigenvalue weighted by Gasteiger charge is -2.11. The van der Waals surface area contributed by atoms with E-state index in [1.807, 2.05) is 39.0 Å². The Morgan fingerprint density at radius 1 is 1.26 bits per heavy atom. The van der Waals surface area contributed by atoms with Gasteiger partial charge >= 0.3 is 0 Å². The Morgan fingerprint density at radius 2 is 2.00 bits per heavy atom. The highest BCUT2D eigenvalue weighted by Gasteiger charge is 2.12. The number of aromatic nitrogens is 2. The summed E-state index contributed by atoms with van der Waals surface area (Å²) in [6.07, 6.45) is 0.714. The highest BCUT2D eigenvalue weighted by molar-refractivity contribution is 9.10. The molecule has 0 fully saturated rings. The maximum atomic E-state index is 6.09. The fraction of sp³-hybridized carbons (Fsp3) is 0.286. The van der Waals surface area contributed by atoms with E-state index in [0.29, 0.717) is 29.0 Å². The van der Waals surface area contributed by atoms with Crippen LogP contribution in [0.25, 0.3) is 0 Å². The van der Waals surface area contributed by atoms with Gasteiger partial charge in [0.05, 0.1) is 4.47 Å². The molecule has 1 heterocycles. The zero-order chi connectivity index (χ0) is 14.0. The van der Waals surface area contributed by atoms with Crippen LogP contribution in [0.4, 0.5) is 0 Å². The summed E-state index contributed by atoms with van der Waals surface area (Å²) >= 11 is 9.57. The van der Waals surface area contributed by atoms with Crippen LogP contribution in [0.1, 0.15) is 23.9 Å². The Bertz CT molecular complexity index is 617. The number of hydrogen-bond acceptors (Lipinski definition) is 3. The minimum Gasteiger partial charge on any atom is -0.437 e. The molecule has 0 atom stereocenters. The van der Waals surface area contributed by atoms with E-state index in [0.717, 1.165) is 15.6 Å². The van der Waals surface area contributed by atoms with Gasteiger partial charge in [-0.2, -0.15) is 4.98 Å². The van der Waals surface area contributed by atoms with Crippen molar-refractivity contribution in [1.82, 2.24) is 9.97 Å². The van der Waals surface area contributed by atoms with Gasteiger partial charge in [0.25, 0.3) is 0 Å². The smallest absolute Gasteiger partial charge is 0.227 e. The predicted octanol–water partition coefficient (Wildman–Crippen LogP) is 4.86. The fourth-order valence-corrected chi connectivity index (χ4v) is 2.31. The zero-order valence-electron chi connectivity index (χ0n) is 11.0. The summed E-state index contributed by atoms with van der Waals surface area (Å²) in [6.45, 7) is 5.85. The van der Waals surface area contributed by atoms with Gasteiger partial charge in [-0.25, -0.2) is 4.98 Å². The summed E-state index contributed by atoms with van der Waals surface area (Å²) in [7, 11) is 0. The highest BCUT2D eigenvalue weighted by Crippen LogP contribution is 2.32. The van der Waals surface area contributed by atoms with E-state index in [1.54, 1.807) is 0 Å². The first kappa shape index (κ1) is 14.3. The van der Waals surface area contributed by atoms with Crippen molar-refractivity contribution in [3.05, 3.63) is 44.8 Å². The van der Waals surface area contributed by atoms with Crippen LogP contribution in [-0.4, -0.2) is 9.97 Å². The van der Waals surface area contributed by atoms with Gasteiger partial charge in [0.2, 0.25) is 5.88 Å². The van der Waals surface area contributed by atoms with E-state index in [-0.39, 0.29) is 0 Å². The minimum atomic E-state index is 0.435. The maximum Gasteiger partial charge on any atom is 0.227 e. The van der Waals surface area contributed by atoms with Crippen molar-refractivity contribution in [2.75, 3.05) is 0 Å². The molecule has 19 heavy (non-hydrogen) atoms. The van der Waals surface area contributed by atoms with E-state index < -0.39 is 0 Å². The molecule has 0 aliphatic heterocycles. The van der Waals surface area contributed by atoms with Gasteiger partial charge in [-0.3, -0.25) is 0 Å². The van der Waals surface area contributed by atoms with Gasteiger partial charge in [0, 0.05) is 12.0 Å². The normalized spacial score (nSPS) is 10.6. The average Bonchev–Trinajstić information content (AvgIpc) is 2.37. The van der Waals surface area contributed by atoms with Gasteiger partial charge < -0.3 is 4.74 Å². The Kier molecular flexibility index (Phi) is 4.42. The Hall–Kier alpha value is -1.13. The van der Waals surface area contributed by atoms with Crippen LogP contribution in [0, 0.1) is 13.8 Å². The number of ether oxygens (including phenoxy) is 1. The van der Waals surface area contributed by atoms with Crippen molar-refractivity contribution < 1.29 is 4.74 Å². The molecule has 1 aromatic heterocycles. The van der Waals surface area contributed by atoms with Crippen LogP contribution in [0.3, 0.4) is 0 Å². The monoisotopic (exact) mass is 340 g/mol. The van der Waals surface area contributed by atoms with Crippen LogP contribution >= 0.6 is 27.5 Å². The van der Waals surface area contributed by atoms with Crippen molar-refractivity contribution in [1.29, 1.82) is 0 Å². The molecule has 2 aromatic rings. The lowest BCUT2D eigenvalue weighted by Crippen LogP contribution is -2.00. The molecule has 1 aromatic carbocycles. The number of benzene rings is 1. The highest BCUT2D eigenvalue weighted by atomic mass is 79.9. The maximum absolute atomic E-state index is 6.09. The summed E-state index contributed by atoms with van der Waals surface area (Å²) < 4.78 is 6.72. The third kappa shape index (κ3) is 3.25. The summed E-state index contributed by atoms with van der Waals surface area (Å²) in [5.74, 6) is 1.89. The summed E-state index contributed by atoms with van der Waals surface area (Å²) in [4.78, 5) is 8.56. The molecule has 3 nitrogen and oxygen atoms in total. The molecule has 0 saturated carbocycles. The fourth-order valence-electron chi connectivity index (χ4n) is 1.56. The van der Waals surface area contributed by atoms with E-state index in [4.69, 9.17) is 16.3 Å². The van der Waals surface area contributed by atoms with Gasteiger partial charge in [-0.05, 0) is 47.5 Å². The standard InChI is InChI=1S/C14H14BrClN2O/c1-4-12-17-13(16)9(3)14(18-12)19-11-6-5-8(2)7-10(11)15/h5-7H,4H2,1-3H3. The quantitative estimate of drug-likeness (QED) is 0.747.